The minimum absolute atomic E-state index is 0.685. The number of hydrogen-bond acceptors (Lipinski definition) is 1. The molecule has 0 saturated heterocycles. The Hall–Kier alpha value is -0.730. The lowest BCUT2D eigenvalue weighted by atomic mass is 10.2. The van der Waals surface area contributed by atoms with E-state index in [-0.39, 0.29) is 0 Å². The van der Waals surface area contributed by atoms with Gasteiger partial charge in [-0.2, -0.15) is 0 Å². The Balaban J connectivity index is 3.19. The van der Waals surface area contributed by atoms with E-state index in [1.54, 1.807) is 6.07 Å². The SMILES string of the molecule is C[N+](C)(C)c1ccc(Cl)cc1N. The highest BCUT2D eigenvalue weighted by Crippen LogP contribution is 2.27. The van der Waals surface area contributed by atoms with E-state index in [2.05, 4.69) is 21.1 Å². The van der Waals surface area contributed by atoms with Crippen molar-refractivity contribution in [2.45, 2.75) is 0 Å². The standard InChI is InChI=1S/C9H14ClN2/c1-12(2,3)9-5-4-7(10)6-8(9)11/h4-6H,11H2,1-3H3/q+1. The molecule has 66 valence electrons. The molecule has 0 unspecified atom stereocenters. The zero-order valence-corrected chi connectivity index (χ0v) is 8.39. The van der Waals surface area contributed by atoms with Crippen LogP contribution in [-0.2, 0) is 0 Å². The third-order valence-electron chi connectivity index (χ3n) is 1.71. The average molecular weight is 186 g/mol. The van der Waals surface area contributed by atoms with Crippen LogP contribution in [0.3, 0.4) is 0 Å². The number of anilines is 1. The van der Waals surface area contributed by atoms with Gasteiger partial charge in [-0.1, -0.05) is 11.6 Å². The Morgan fingerprint density at radius 1 is 1.25 bits per heavy atom. The fourth-order valence-corrected chi connectivity index (χ4v) is 1.32. The lowest BCUT2D eigenvalue weighted by Crippen LogP contribution is -2.35. The molecule has 0 aliphatic carbocycles. The zero-order valence-electron chi connectivity index (χ0n) is 7.63. The molecule has 0 radical (unpaired) electrons. The fourth-order valence-electron chi connectivity index (χ4n) is 1.14. The zero-order chi connectivity index (χ0) is 9.35. The van der Waals surface area contributed by atoms with Crippen molar-refractivity contribution in [2.75, 3.05) is 26.9 Å². The molecule has 0 heterocycles. The number of nitrogens with zero attached hydrogens (tertiary/aromatic N) is 1. The summed E-state index contributed by atoms with van der Waals surface area (Å²) in [4.78, 5) is 0. The van der Waals surface area contributed by atoms with E-state index in [1.165, 1.54) is 0 Å². The molecule has 0 atom stereocenters. The monoisotopic (exact) mass is 185 g/mol. The highest BCUT2D eigenvalue weighted by Gasteiger charge is 2.15. The lowest BCUT2D eigenvalue weighted by molar-refractivity contribution is 0.488. The first kappa shape index (κ1) is 9.36. The maximum absolute atomic E-state index is 5.81. The maximum Gasteiger partial charge on any atom is 0.155 e. The fraction of sp³-hybridized carbons (Fsp3) is 0.333. The minimum Gasteiger partial charge on any atom is -0.394 e. The summed E-state index contributed by atoms with van der Waals surface area (Å²) in [6.07, 6.45) is 0. The van der Waals surface area contributed by atoms with Crippen molar-refractivity contribution < 1.29 is 0 Å². The normalized spacial score (nSPS) is 11.7. The smallest absolute Gasteiger partial charge is 0.155 e. The van der Waals surface area contributed by atoms with Crippen molar-refractivity contribution >= 4 is 23.0 Å². The van der Waals surface area contributed by atoms with Crippen molar-refractivity contribution in [1.29, 1.82) is 0 Å². The van der Waals surface area contributed by atoms with Crippen LogP contribution in [0.15, 0.2) is 18.2 Å². The molecule has 1 aromatic rings. The summed E-state index contributed by atoms with van der Waals surface area (Å²) in [5.41, 5.74) is 7.64. The third kappa shape index (κ3) is 1.90. The number of halogens is 1. The summed E-state index contributed by atoms with van der Waals surface area (Å²) >= 11 is 5.78. The molecule has 1 rings (SSSR count). The minimum atomic E-state index is 0.685. The van der Waals surface area contributed by atoms with Gasteiger partial charge in [0.25, 0.3) is 0 Å². The van der Waals surface area contributed by atoms with Gasteiger partial charge >= 0.3 is 0 Å². The number of benzene rings is 1. The Kier molecular flexibility index (Phi) is 2.31. The van der Waals surface area contributed by atoms with Crippen molar-refractivity contribution in [3.63, 3.8) is 0 Å². The van der Waals surface area contributed by atoms with Crippen LogP contribution in [-0.4, -0.2) is 21.1 Å². The Morgan fingerprint density at radius 2 is 1.83 bits per heavy atom. The van der Waals surface area contributed by atoms with E-state index in [1.807, 2.05) is 12.1 Å². The summed E-state index contributed by atoms with van der Waals surface area (Å²) in [6.45, 7) is 0. The molecule has 2 N–H and O–H groups in total. The number of hydrogen-bond donors (Lipinski definition) is 1. The van der Waals surface area contributed by atoms with Gasteiger partial charge in [0.05, 0.1) is 26.8 Å². The summed E-state index contributed by atoms with van der Waals surface area (Å²) in [6, 6.07) is 5.59. The quantitative estimate of drug-likeness (QED) is 0.527. The van der Waals surface area contributed by atoms with Crippen LogP contribution in [0.5, 0.6) is 0 Å². The number of quaternary nitrogens is 1. The van der Waals surface area contributed by atoms with Crippen molar-refractivity contribution in [2.24, 2.45) is 0 Å². The molecular formula is C9H14ClN2+. The van der Waals surface area contributed by atoms with Crippen LogP contribution in [0.25, 0.3) is 0 Å². The Bertz CT molecular complexity index is 289. The molecule has 0 spiro atoms. The highest BCUT2D eigenvalue weighted by atomic mass is 35.5. The van der Waals surface area contributed by atoms with E-state index in [0.717, 1.165) is 11.4 Å². The molecule has 1 aromatic carbocycles. The Morgan fingerprint density at radius 3 is 2.25 bits per heavy atom. The highest BCUT2D eigenvalue weighted by molar-refractivity contribution is 6.31. The van der Waals surface area contributed by atoms with Crippen LogP contribution in [0.1, 0.15) is 0 Å². The predicted molar refractivity (Wildman–Crippen MR) is 55.4 cm³/mol. The van der Waals surface area contributed by atoms with Crippen LogP contribution in [0.2, 0.25) is 5.02 Å². The number of nitrogen functional groups attached to an aromatic ring is 1. The van der Waals surface area contributed by atoms with E-state index < -0.39 is 0 Å². The molecule has 12 heavy (non-hydrogen) atoms. The van der Waals surface area contributed by atoms with Gasteiger partial charge in [-0.15, -0.1) is 0 Å². The van der Waals surface area contributed by atoms with Gasteiger partial charge in [-0.25, -0.2) is 0 Å². The van der Waals surface area contributed by atoms with Crippen molar-refractivity contribution in [1.82, 2.24) is 4.48 Å². The molecule has 0 bridgehead atoms. The number of nitrogens with two attached hydrogens (primary N) is 1. The molecule has 0 aliphatic rings. The maximum atomic E-state index is 5.81. The topological polar surface area (TPSA) is 26.0 Å². The first-order valence-electron chi connectivity index (χ1n) is 3.78. The van der Waals surface area contributed by atoms with Gasteiger partial charge in [0.1, 0.15) is 0 Å². The second-order valence-corrected chi connectivity index (χ2v) is 4.15. The van der Waals surface area contributed by atoms with E-state index in [9.17, 15) is 0 Å². The molecule has 0 saturated carbocycles. The van der Waals surface area contributed by atoms with Gasteiger partial charge in [0, 0.05) is 11.1 Å². The third-order valence-corrected chi connectivity index (χ3v) is 1.95. The van der Waals surface area contributed by atoms with Gasteiger partial charge < -0.3 is 5.73 Å². The van der Waals surface area contributed by atoms with E-state index >= 15 is 0 Å². The molecule has 3 heteroatoms. The molecule has 2 nitrogen and oxygen atoms in total. The van der Waals surface area contributed by atoms with Crippen LogP contribution >= 0.6 is 11.6 Å². The molecule has 0 fully saturated rings. The van der Waals surface area contributed by atoms with E-state index in [0.29, 0.717) is 9.51 Å². The summed E-state index contributed by atoms with van der Waals surface area (Å²) in [7, 11) is 6.21. The van der Waals surface area contributed by atoms with Crippen LogP contribution in [0, 0.1) is 0 Å². The van der Waals surface area contributed by atoms with Crippen molar-refractivity contribution in [3.05, 3.63) is 23.2 Å². The molecule has 0 aliphatic heterocycles. The molecular weight excluding hydrogens is 172 g/mol. The Labute approximate surface area is 78.1 Å². The molecule has 0 amide bonds. The summed E-state index contributed by atoms with van der Waals surface area (Å²) in [5.74, 6) is 0. The van der Waals surface area contributed by atoms with E-state index in [4.69, 9.17) is 17.3 Å². The largest absolute Gasteiger partial charge is 0.394 e. The van der Waals surface area contributed by atoms with Gasteiger partial charge in [0.15, 0.2) is 5.69 Å². The number of rotatable bonds is 1. The second kappa shape index (κ2) is 2.96. The van der Waals surface area contributed by atoms with Crippen LogP contribution < -0.4 is 10.2 Å². The van der Waals surface area contributed by atoms with Crippen LogP contribution in [0.4, 0.5) is 11.4 Å². The average Bonchev–Trinajstić information content (AvgIpc) is 1.83. The first-order chi connectivity index (χ1) is 5.41. The predicted octanol–water partition coefficient (Wildman–Crippen LogP) is 2.12. The summed E-state index contributed by atoms with van der Waals surface area (Å²) in [5, 5.41) is 0.685. The van der Waals surface area contributed by atoms with Gasteiger partial charge in [-0.05, 0) is 12.1 Å². The molecule has 0 aromatic heterocycles. The van der Waals surface area contributed by atoms with Crippen molar-refractivity contribution in [3.8, 4) is 0 Å². The second-order valence-electron chi connectivity index (χ2n) is 3.72. The van der Waals surface area contributed by atoms with Gasteiger partial charge in [0.2, 0.25) is 0 Å². The first-order valence-corrected chi connectivity index (χ1v) is 4.16. The van der Waals surface area contributed by atoms with Gasteiger partial charge in [-0.3, -0.25) is 4.48 Å². The lowest BCUT2D eigenvalue weighted by Gasteiger charge is -2.24. The summed E-state index contributed by atoms with van der Waals surface area (Å²) < 4.78 is 0.711.